The molecule has 4 amide bonds. The van der Waals surface area contributed by atoms with Gasteiger partial charge in [0.2, 0.25) is 23.6 Å². The third kappa shape index (κ3) is 11.3. The first-order valence-electron chi connectivity index (χ1n) is 10.1. The lowest BCUT2D eigenvalue weighted by Gasteiger charge is -2.25. The van der Waals surface area contributed by atoms with E-state index in [9.17, 15) is 29.1 Å². The summed E-state index contributed by atoms with van der Waals surface area (Å²) in [6.07, 6.45) is -0.237. The molecule has 0 aliphatic heterocycles. The fourth-order valence-corrected chi connectivity index (χ4v) is 2.71. The number of carboxylic acid groups (broad SMARTS) is 1. The molecule has 0 bridgehead atoms. The Kier molecular flexibility index (Phi) is 12.4. The minimum absolute atomic E-state index is 0.0350. The van der Waals surface area contributed by atoms with Crippen LogP contribution in [0.25, 0.3) is 0 Å². The van der Waals surface area contributed by atoms with Crippen molar-refractivity contribution in [3.63, 3.8) is 0 Å². The number of aliphatic hydroxyl groups excluding tert-OH is 1. The molecule has 0 aromatic carbocycles. The Morgan fingerprint density at radius 2 is 1.19 bits per heavy atom. The average Bonchev–Trinajstić information content (AvgIpc) is 2.64. The number of rotatable bonds is 14. The molecule has 4 atom stereocenters. The molecule has 0 aliphatic carbocycles. The third-order valence-electron chi connectivity index (χ3n) is 4.23. The van der Waals surface area contributed by atoms with Crippen LogP contribution < -0.4 is 27.4 Å². The van der Waals surface area contributed by atoms with Gasteiger partial charge in [0, 0.05) is 0 Å². The molecule has 9 N–H and O–H groups in total. The largest absolute Gasteiger partial charge is 0.480 e. The maximum absolute atomic E-state index is 12.7. The highest BCUT2D eigenvalue weighted by molar-refractivity contribution is 5.96. The van der Waals surface area contributed by atoms with E-state index in [4.69, 9.17) is 16.6 Å². The second kappa shape index (κ2) is 13.5. The van der Waals surface area contributed by atoms with Gasteiger partial charge in [0.25, 0.3) is 0 Å². The highest BCUT2D eigenvalue weighted by atomic mass is 16.4. The monoisotopic (exact) mass is 445 g/mol. The quantitative estimate of drug-likeness (QED) is 0.155. The summed E-state index contributed by atoms with van der Waals surface area (Å²) >= 11 is 0. The van der Waals surface area contributed by atoms with Crippen molar-refractivity contribution in [3.05, 3.63) is 0 Å². The van der Waals surface area contributed by atoms with E-state index in [1.807, 2.05) is 0 Å². The van der Waals surface area contributed by atoms with E-state index < -0.39 is 66.8 Å². The van der Waals surface area contributed by atoms with Crippen LogP contribution in [-0.2, 0) is 24.0 Å². The number of aliphatic hydroxyl groups is 1. The molecule has 12 heteroatoms. The number of primary amides is 1. The van der Waals surface area contributed by atoms with Crippen molar-refractivity contribution < 1.29 is 34.2 Å². The summed E-state index contributed by atoms with van der Waals surface area (Å²) in [5.74, 6) is -4.63. The van der Waals surface area contributed by atoms with Crippen LogP contribution in [0, 0.1) is 11.8 Å². The van der Waals surface area contributed by atoms with Gasteiger partial charge in [-0.1, -0.05) is 27.7 Å². The molecule has 0 heterocycles. The minimum atomic E-state index is -1.43. The number of carbonyl (C=O) groups excluding carboxylic acids is 4. The van der Waals surface area contributed by atoms with Gasteiger partial charge < -0.3 is 37.6 Å². The number of hydrogen-bond donors (Lipinski definition) is 7. The summed E-state index contributed by atoms with van der Waals surface area (Å²) in [5, 5.41) is 25.4. The molecule has 0 saturated carbocycles. The second-order valence-corrected chi connectivity index (χ2v) is 8.24. The summed E-state index contributed by atoms with van der Waals surface area (Å²) in [6, 6.07) is -4.98. The van der Waals surface area contributed by atoms with Crippen LogP contribution in [0.1, 0.15) is 47.0 Å². The Morgan fingerprint density at radius 1 is 0.774 bits per heavy atom. The number of aliphatic carboxylic acids is 1. The first kappa shape index (κ1) is 28.3. The number of hydrogen-bond acceptors (Lipinski definition) is 7. The molecule has 12 nitrogen and oxygen atoms in total. The summed E-state index contributed by atoms with van der Waals surface area (Å²) < 4.78 is 0. The van der Waals surface area contributed by atoms with Gasteiger partial charge in [-0.25, -0.2) is 4.79 Å². The Labute approximate surface area is 181 Å². The number of carboxylic acids is 1. The van der Waals surface area contributed by atoms with Crippen LogP contribution in [0.4, 0.5) is 0 Å². The third-order valence-corrected chi connectivity index (χ3v) is 4.23. The van der Waals surface area contributed by atoms with E-state index in [0.717, 1.165) is 0 Å². The van der Waals surface area contributed by atoms with Gasteiger partial charge in [-0.3, -0.25) is 19.2 Å². The first-order valence-corrected chi connectivity index (χ1v) is 10.1. The molecule has 0 spiro atoms. The molecule has 0 radical (unpaired) electrons. The SMILES string of the molecule is CC(C)CC(NC(=O)C(CC(N)=O)NC(=O)C(CC(C)C)NC(=O)C(N)CO)C(=O)O. The lowest BCUT2D eigenvalue weighted by molar-refractivity contribution is -0.143. The fourth-order valence-electron chi connectivity index (χ4n) is 2.71. The first-order chi connectivity index (χ1) is 14.3. The molecule has 0 aromatic rings. The van der Waals surface area contributed by atoms with Crippen LogP contribution in [-0.4, -0.2) is 70.6 Å². The summed E-state index contributed by atoms with van der Waals surface area (Å²) in [5.41, 5.74) is 10.6. The van der Waals surface area contributed by atoms with Crippen LogP contribution >= 0.6 is 0 Å². The molecule has 0 aromatic heterocycles. The smallest absolute Gasteiger partial charge is 0.326 e. The van der Waals surface area contributed by atoms with Gasteiger partial charge in [-0.2, -0.15) is 0 Å². The van der Waals surface area contributed by atoms with Crippen LogP contribution in [0.15, 0.2) is 0 Å². The highest BCUT2D eigenvalue weighted by Gasteiger charge is 2.31. The lowest BCUT2D eigenvalue weighted by atomic mass is 10.0. The van der Waals surface area contributed by atoms with Crippen molar-refractivity contribution in [1.82, 2.24) is 16.0 Å². The standard InChI is InChI=1S/C19H35N5O7/c1-9(2)5-12(22-16(27)11(20)8-25)17(28)23-13(7-15(21)26)18(29)24-14(19(30)31)6-10(3)4/h9-14,25H,5-8,20H2,1-4H3,(H2,21,26)(H,22,27)(H,23,28)(H,24,29)(H,30,31). The van der Waals surface area contributed by atoms with E-state index in [1.54, 1.807) is 27.7 Å². The minimum Gasteiger partial charge on any atom is -0.480 e. The summed E-state index contributed by atoms with van der Waals surface area (Å²) in [7, 11) is 0. The van der Waals surface area contributed by atoms with Crippen LogP contribution in [0.3, 0.4) is 0 Å². The highest BCUT2D eigenvalue weighted by Crippen LogP contribution is 2.08. The maximum Gasteiger partial charge on any atom is 0.326 e. The van der Waals surface area contributed by atoms with Crippen molar-refractivity contribution in [2.24, 2.45) is 23.3 Å². The predicted molar refractivity (Wildman–Crippen MR) is 111 cm³/mol. The van der Waals surface area contributed by atoms with Gasteiger partial charge in [-0.15, -0.1) is 0 Å². The lowest BCUT2D eigenvalue weighted by Crippen LogP contribution is -2.58. The zero-order valence-electron chi connectivity index (χ0n) is 18.4. The number of amides is 4. The van der Waals surface area contributed by atoms with E-state index in [-0.39, 0.29) is 24.7 Å². The van der Waals surface area contributed by atoms with Crippen molar-refractivity contribution >= 4 is 29.6 Å². The number of carbonyl (C=O) groups is 5. The Balaban J connectivity index is 5.49. The molecule has 0 aliphatic rings. The van der Waals surface area contributed by atoms with Crippen molar-refractivity contribution in [2.45, 2.75) is 71.1 Å². The number of nitrogens with one attached hydrogen (secondary N) is 3. The van der Waals surface area contributed by atoms with Crippen molar-refractivity contribution in [1.29, 1.82) is 0 Å². The van der Waals surface area contributed by atoms with Gasteiger partial charge in [0.05, 0.1) is 13.0 Å². The van der Waals surface area contributed by atoms with E-state index in [1.165, 1.54) is 0 Å². The van der Waals surface area contributed by atoms with E-state index in [2.05, 4.69) is 16.0 Å². The Hall–Kier alpha value is -2.73. The van der Waals surface area contributed by atoms with Gasteiger partial charge in [-0.05, 0) is 24.7 Å². The molecule has 4 unspecified atom stereocenters. The second-order valence-electron chi connectivity index (χ2n) is 8.24. The van der Waals surface area contributed by atoms with Gasteiger partial charge >= 0.3 is 5.97 Å². The van der Waals surface area contributed by atoms with Crippen molar-refractivity contribution in [3.8, 4) is 0 Å². The van der Waals surface area contributed by atoms with Gasteiger partial charge in [0.15, 0.2) is 0 Å². The normalized spacial score (nSPS) is 15.0. The van der Waals surface area contributed by atoms with Crippen LogP contribution in [0.5, 0.6) is 0 Å². The molecule has 0 saturated heterocycles. The number of nitrogens with two attached hydrogens (primary N) is 2. The molecule has 0 fully saturated rings. The molecule has 178 valence electrons. The average molecular weight is 446 g/mol. The topological polar surface area (TPSA) is 214 Å². The fraction of sp³-hybridized carbons (Fsp3) is 0.737. The zero-order chi connectivity index (χ0) is 24.3. The predicted octanol–water partition coefficient (Wildman–Crippen LogP) is -2.19. The van der Waals surface area contributed by atoms with Crippen LogP contribution in [0.2, 0.25) is 0 Å². The molecule has 31 heavy (non-hydrogen) atoms. The van der Waals surface area contributed by atoms with Gasteiger partial charge in [0.1, 0.15) is 24.2 Å². The molecule has 0 rings (SSSR count). The zero-order valence-corrected chi connectivity index (χ0v) is 18.4. The van der Waals surface area contributed by atoms with E-state index >= 15 is 0 Å². The Morgan fingerprint density at radius 3 is 1.61 bits per heavy atom. The molecular formula is C19H35N5O7. The van der Waals surface area contributed by atoms with Crippen molar-refractivity contribution in [2.75, 3.05) is 6.61 Å². The molecular weight excluding hydrogens is 410 g/mol. The maximum atomic E-state index is 12.7. The summed E-state index contributed by atoms with van der Waals surface area (Å²) in [4.78, 5) is 60.1. The Bertz CT molecular complexity index is 654. The van der Waals surface area contributed by atoms with E-state index in [0.29, 0.717) is 0 Å². The summed E-state index contributed by atoms with van der Waals surface area (Å²) in [6.45, 7) is 6.54.